The zero-order valence-corrected chi connectivity index (χ0v) is 19.9. The molecular formula is C20H17BrN2O4S3. The standard InChI is InChI=1S/C20H17BrN2O4S3/c1-3-7-27-17-13(21)9-12(10-14(17)26-4-2)11-16-19(25)23(20(28)30-16)22-18(24)15-6-5-8-29-15/h3,5-6,8-11H,1,4,7H2,2H3,(H,22,24). The Morgan fingerprint density at radius 1 is 1.40 bits per heavy atom. The Morgan fingerprint density at radius 3 is 2.87 bits per heavy atom. The van der Waals surface area contributed by atoms with Crippen LogP contribution in [0.25, 0.3) is 6.08 Å². The van der Waals surface area contributed by atoms with Gasteiger partial charge in [-0.05, 0) is 70.3 Å². The summed E-state index contributed by atoms with van der Waals surface area (Å²) >= 11 is 11.2. The normalized spacial score (nSPS) is 14.9. The average molecular weight is 525 g/mol. The molecule has 10 heteroatoms. The van der Waals surface area contributed by atoms with Crippen molar-refractivity contribution in [1.29, 1.82) is 0 Å². The van der Waals surface area contributed by atoms with Crippen molar-refractivity contribution < 1.29 is 19.1 Å². The lowest BCUT2D eigenvalue weighted by Gasteiger charge is -2.15. The van der Waals surface area contributed by atoms with Crippen molar-refractivity contribution >= 4 is 73.5 Å². The zero-order valence-electron chi connectivity index (χ0n) is 15.8. The lowest BCUT2D eigenvalue weighted by molar-refractivity contribution is -0.123. The molecule has 1 saturated heterocycles. The predicted molar refractivity (Wildman–Crippen MR) is 128 cm³/mol. The summed E-state index contributed by atoms with van der Waals surface area (Å²) in [5.41, 5.74) is 3.28. The number of halogens is 1. The number of hydrazine groups is 1. The van der Waals surface area contributed by atoms with Crippen molar-refractivity contribution in [3.8, 4) is 11.5 Å². The third kappa shape index (κ3) is 5.12. The molecule has 1 aromatic heterocycles. The number of carbonyl (C=O) groups is 2. The first kappa shape index (κ1) is 22.5. The third-order valence-corrected chi connectivity index (χ3v) is 6.49. The van der Waals surface area contributed by atoms with Gasteiger partial charge >= 0.3 is 0 Å². The Balaban J connectivity index is 1.84. The number of ether oxygens (including phenoxy) is 2. The number of hydrogen-bond acceptors (Lipinski definition) is 7. The van der Waals surface area contributed by atoms with E-state index < -0.39 is 5.91 Å². The summed E-state index contributed by atoms with van der Waals surface area (Å²) in [5.74, 6) is 0.328. The molecule has 30 heavy (non-hydrogen) atoms. The maximum Gasteiger partial charge on any atom is 0.285 e. The van der Waals surface area contributed by atoms with Crippen LogP contribution in [-0.2, 0) is 4.79 Å². The lowest BCUT2D eigenvalue weighted by atomic mass is 10.2. The van der Waals surface area contributed by atoms with Gasteiger partial charge in [0.15, 0.2) is 15.8 Å². The second kappa shape index (κ2) is 10.3. The van der Waals surface area contributed by atoms with E-state index in [9.17, 15) is 9.59 Å². The molecule has 0 radical (unpaired) electrons. The molecule has 0 spiro atoms. The fraction of sp³-hybridized carbons (Fsp3) is 0.150. The summed E-state index contributed by atoms with van der Waals surface area (Å²) in [7, 11) is 0. The van der Waals surface area contributed by atoms with Crippen molar-refractivity contribution in [2.24, 2.45) is 0 Å². The number of thioether (sulfide) groups is 1. The Labute approximate surface area is 196 Å². The van der Waals surface area contributed by atoms with Gasteiger partial charge in [-0.2, -0.15) is 5.01 Å². The number of thiophene rings is 1. The second-order valence-corrected chi connectivity index (χ2v) is 9.28. The van der Waals surface area contributed by atoms with E-state index in [0.717, 1.165) is 22.3 Å². The largest absolute Gasteiger partial charge is 0.490 e. The minimum Gasteiger partial charge on any atom is -0.490 e. The number of thiocarbonyl (C=S) groups is 1. The highest BCUT2D eigenvalue weighted by Gasteiger charge is 2.34. The number of nitrogens with zero attached hydrogens (tertiary/aromatic N) is 1. The molecule has 156 valence electrons. The van der Waals surface area contributed by atoms with Crippen LogP contribution >= 0.6 is 51.2 Å². The average Bonchev–Trinajstić information content (AvgIpc) is 3.33. The van der Waals surface area contributed by atoms with E-state index in [1.54, 1.807) is 35.7 Å². The monoisotopic (exact) mass is 524 g/mol. The first-order valence-electron chi connectivity index (χ1n) is 8.77. The fourth-order valence-corrected chi connectivity index (χ4v) is 4.86. The van der Waals surface area contributed by atoms with E-state index in [1.165, 1.54) is 11.3 Å². The highest BCUT2D eigenvalue weighted by atomic mass is 79.9. The van der Waals surface area contributed by atoms with Crippen LogP contribution in [0.5, 0.6) is 11.5 Å². The quantitative estimate of drug-likeness (QED) is 0.297. The van der Waals surface area contributed by atoms with Crippen molar-refractivity contribution in [2.45, 2.75) is 6.92 Å². The maximum atomic E-state index is 12.8. The molecule has 1 fully saturated rings. The lowest BCUT2D eigenvalue weighted by Crippen LogP contribution is -2.44. The number of carbonyl (C=O) groups excluding carboxylic acids is 2. The molecule has 1 N–H and O–H groups in total. The van der Waals surface area contributed by atoms with Crippen LogP contribution in [0.3, 0.4) is 0 Å². The SMILES string of the molecule is C=CCOc1c(Br)cc(C=C2SC(=S)N(NC(=O)c3cccs3)C2=O)cc1OCC. The number of amides is 2. The topological polar surface area (TPSA) is 67.9 Å². The van der Waals surface area contributed by atoms with Gasteiger partial charge in [-0.3, -0.25) is 15.0 Å². The molecule has 1 aromatic carbocycles. The van der Waals surface area contributed by atoms with Gasteiger partial charge in [0.2, 0.25) is 0 Å². The molecule has 0 unspecified atom stereocenters. The van der Waals surface area contributed by atoms with Gasteiger partial charge in [0.05, 0.1) is 20.9 Å². The Kier molecular flexibility index (Phi) is 7.70. The summed E-state index contributed by atoms with van der Waals surface area (Å²) in [5, 5.41) is 2.88. The van der Waals surface area contributed by atoms with Crippen LogP contribution in [-0.4, -0.2) is 34.4 Å². The van der Waals surface area contributed by atoms with E-state index >= 15 is 0 Å². The summed E-state index contributed by atoms with van der Waals surface area (Å²) in [6.45, 7) is 6.31. The maximum absolute atomic E-state index is 12.8. The van der Waals surface area contributed by atoms with Crippen LogP contribution in [0.15, 0.2) is 51.7 Å². The Hall–Kier alpha value is -2.14. The van der Waals surface area contributed by atoms with Crippen LogP contribution in [0, 0.1) is 0 Å². The van der Waals surface area contributed by atoms with Crippen LogP contribution in [0.1, 0.15) is 22.2 Å². The fourth-order valence-electron chi connectivity index (χ4n) is 2.50. The molecule has 3 rings (SSSR count). The summed E-state index contributed by atoms with van der Waals surface area (Å²) < 4.78 is 12.3. The molecule has 0 bridgehead atoms. The molecule has 0 atom stereocenters. The number of benzene rings is 1. The molecule has 0 aliphatic carbocycles. The molecule has 1 aliphatic heterocycles. The highest BCUT2D eigenvalue weighted by molar-refractivity contribution is 9.10. The van der Waals surface area contributed by atoms with Gasteiger partial charge in [-0.25, -0.2) is 0 Å². The van der Waals surface area contributed by atoms with Gasteiger partial charge in [0, 0.05) is 0 Å². The third-order valence-electron chi connectivity index (χ3n) is 3.73. The number of rotatable bonds is 8. The molecule has 1 aliphatic rings. The summed E-state index contributed by atoms with van der Waals surface area (Å²) in [4.78, 5) is 25.9. The van der Waals surface area contributed by atoms with Crippen molar-refractivity contribution in [3.63, 3.8) is 0 Å². The minimum atomic E-state index is -0.393. The molecule has 2 heterocycles. The van der Waals surface area contributed by atoms with E-state index in [0.29, 0.717) is 39.0 Å². The first-order chi connectivity index (χ1) is 14.4. The van der Waals surface area contributed by atoms with Crippen molar-refractivity contribution in [1.82, 2.24) is 10.4 Å². The minimum absolute atomic E-state index is 0.256. The van der Waals surface area contributed by atoms with Gasteiger partial charge in [0.1, 0.15) is 6.61 Å². The number of hydrogen-bond donors (Lipinski definition) is 1. The van der Waals surface area contributed by atoms with Gasteiger partial charge in [-0.15, -0.1) is 11.3 Å². The molecular weight excluding hydrogens is 508 g/mol. The van der Waals surface area contributed by atoms with E-state index in [4.69, 9.17) is 21.7 Å². The second-order valence-electron chi connectivity index (χ2n) is 5.80. The van der Waals surface area contributed by atoms with Crippen molar-refractivity contribution in [2.75, 3.05) is 13.2 Å². The number of nitrogens with one attached hydrogen (secondary N) is 1. The van der Waals surface area contributed by atoms with Crippen molar-refractivity contribution in [3.05, 3.63) is 62.1 Å². The molecule has 0 saturated carbocycles. The highest BCUT2D eigenvalue weighted by Crippen LogP contribution is 2.39. The molecule has 2 aromatic rings. The van der Waals surface area contributed by atoms with E-state index in [1.807, 2.05) is 13.0 Å². The van der Waals surface area contributed by atoms with Gasteiger partial charge < -0.3 is 9.47 Å². The van der Waals surface area contributed by atoms with Crippen LogP contribution in [0.2, 0.25) is 0 Å². The smallest absolute Gasteiger partial charge is 0.285 e. The van der Waals surface area contributed by atoms with E-state index in [2.05, 4.69) is 27.9 Å². The van der Waals surface area contributed by atoms with Gasteiger partial charge in [-0.1, -0.05) is 30.5 Å². The summed E-state index contributed by atoms with van der Waals surface area (Å²) in [6, 6.07) is 7.04. The predicted octanol–water partition coefficient (Wildman–Crippen LogP) is 5.02. The molecule has 2 amide bonds. The first-order valence-corrected chi connectivity index (χ1v) is 11.7. The van der Waals surface area contributed by atoms with Gasteiger partial charge in [0.25, 0.3) is 11.8 Å². The Bertz CT molecular complexity index is 1020. The molecule has 6 nitrogen and oxygen atoms in total. The van der Waals surface area contributed by atoms with Crippen LogP contribution < -0.4 is 14.9 Å². The van der Waals surface area contributed by atoms with Crippen LogP contribution in [0.4, 0.5) is 0 Å². The Morgan fingerprint density at radius 2 is 2.20 bits per heavy atom. The van der Waals surface area contributed by atoms with E-state index in [-0.39, 0.29) is 10.2 Å². The summed E-state index contributed by atoms with van der Waals surface area (Å²) in [6.07, 6.45) is 3.34. The zero-order chi connectivity index (χ0) is 21.7.